The first-order valence-corrected chi connectivity index (χ1v) is 8.95. The summed E-state index contributed by atoms with van der Waals surface area (Å²) in [7, 11) is 0. The van der Waals surface area contributed by atoms with Crippen LogP contribution in [0.25, 0.3) is 11.4 Å². The van der Waals surface area contributed by atoms with Crippen molar-refractivity contribution in [3.63, 3.8) is 0 Å². The van der Waals surface area contributed by atoms with Gasteiger partial charge in [0.1, 0.15) is 11.6 Å². The van der Waals surface area contributed by atoms with Crippen molar-refractivity contribution in [2.75, 3.05) is 19.7 Å². The number of amides is 1. The van der Waals surface area contributed by atoms with E-state index >= 15 is 0 Å². The highest BCUT2D eigenvalue weighted by molar-refractivity contribution is 6.00. The van der Waals surface area contributed by atoms with Gasteiger partial charge in [0, 0.05) is 37.5 Å². The van der Waals surface area contributed by atoms with Crippen LogP contribution in [0.2, 0.25) is 0 Å². The third-order valence-corrected chi connectivity index (χ3v) is 4.69. The topological polar surface area (TPSA) is 58.2 Å². The second kappa shape index (κ2) is 7.72. The molecule has 1 fully saturated rings. The Morgan fingerprint density at radius 2 is 2.15 bits per heavy atom. The van der Waals surface area contributed by atoms with Crippen molar-refractivity contribution in [2.24, 2.45) is 0 Å². The molecule has 4 rings (SSSR count). The van der Waals surface area contributed by atoms with Crippen LogP contribution in [0.3, 0.4) is 0 Å². The van der Waals surface area contributed by atoms with E-state index in [4.69, 9.17) is 4.74 Å². The van der Waals surface area contributed by atoms with E-state index in [1.54, 1.807) is 23.4 Å². The molecular formula is C21H20FN3O2. The van der Waals surface area contributed by atoms with E-state index in [-0.39, 0.29) is 17.8 Å². The monoisotopic (exact) mass is 365 g/mol. The number of aromatic nitrogens is 2. The van der Waals surface area contributed by atoms with E-state index in [0.717, 1.165) is 11.1 Å². The molecule has 6 heteroatoms. The van der Waals surface area contributed by atoms with E-state index in [1.165, 1.54) is 12.1 Å². The van der Waals surface area contributed by atoms with Crippen LogP contribution in [0.5, 0.6) is 0 Å². The molecule has 1 amide bonds. The average molecular weight is 365 g/mol. The minimum atomic E-state index is -0.261. The van der Waals surface area contributed by atoms with Crippen molar-refractivity contribution in [2.45, 2.75) is 12.5 Å². The van der Waals surface area contributed by atoms with Gasteiger partial charge in [0.15, 0.2) is 0 Å². The number of nitrogens with zero attached hydrogens (tertiary/aromatic N) is 2. The lowest BCUT2D eigenvalue weighted by molar-refractivity contribution is -0.0208. The number of aromatic amines is 1. The van der Waals surface area contributed by atoms with Crippen LogP contribution in [0, 0.1) is 5.82 Å². The highest BCUT2D eigenvalue weighted by Gasteiger charge is 2.27. The lowest BCUT2D eigenvalue weighted by Gasteiger charge is -2.33. The summed E-state index contributed by atoms with van der Waals surface area (Å²) < 4.78 is 19.2. The number of halogens is 1. The van der Waals surface area contributed by atoms with Crippen molar-refractivity contribution in [3.05, 3.63) is 77.9 Å². The van der Waals surface area contributed by atoms with Crippen LogP contribution in [0.15, 0.2) is 60.9 Å². The summed E-state index contributed by atoms with van der Waals surface area (Å²) in [6.45, 7) is 1.47. The van der Waals surface area contributed by atoms with Gasteiger partial charge in [0.2, 0.25) is 0 Å². The summed E-state index contributed by atoms with van der Waals surface area (Å²) >= 11 is 0. The van der Waals surface area contributed by atoms with Crippen LogP contribution in [0.1, 0.15) is 15.9 Å². The third-order valence-electron chi connectivity index (χ3n) is 4.69. The highest BCUT2D eigenvalue weighted by atomic mass is 19.1. The van der Waals surface area contributed by atoms with Gasteiger partial charge in [0.25, 0.3) is 5.91 Å². The fraction of sp³-hybridized carbons (Fsp3) is 0.238. The van der Waals surface area contributed by atoms with E-state index in [1.807, 2.05) is 30.3 Å². The number of carbonyl (C=O) groups is 1. The van der Waals surface area contributed by atoms with E-state index in [2.05, 4.69) is 9.97 Å². The molecule has 0 radical (unpaired) electrons. The summed E-state index contributed by atoms with van der Waals surface area (Å²) in [4.78, 5) is 22.3. The molecule has 1 atom stereocenters. The van der Waals surface area contributed by atoms with Crippen LogP contribution in [-0.2, 0) is 11.2 Å². The standard InChI is InChI=1S/C21H20FN3O2/c22-16-5-3-4-15(12-16)13-17-14-25(10-11-27-17)21(26)19-7-2-1-6-18(19)20-23-8-9-24-20/h1-9,12,17H,10-11,13-14H2,(H,23,24)/t17-/m1/s1. The number of carbonyl (C=O) groups excluding carboxylic acids is 1. The SMILES string of the molecule is O=C(c1ccccc1-c1ncc[nH]1)N1CCO[C@H](Cc2cccc(F)c2)C1. The van der Waals surface area contributed by atoms with E-state index < -0.39 is 0 Å². The minimum Gasteiger partial charge on any atom is -0.374 e. The highest BCUT2D eigenvalue weighted by Crippen LogP contribution is 2.23. The second-order valence-corrected chi connectivity index (χ2v) is 6.56. The first-order valence-electron chi connectivity index (χ1n) is 8.95. The molecule has 5 nitrogen and oxygen atoms in total. The number of hydrogen-bond acceptors (Lipinski definition) is 3. The number of imidazole rings is 1. The molecule has 2 aromatic carbocycles. The number of rotatable bonds is 4. The molecular weight excluding hydrogens is 345 g/mol. The van der Waals surface area contributed by atoms with Gasteiger partial charge in [-0.3, -0.25) is 4.79 Å². The van der Waals surface area contributed by atoms with Crippen LogP contribution >= 0.6 is 0 Å². The molecule has 1 aliphatic heterocycles. The fourth-order valence-corrected chi connectivity index (χ4v) is 3.41. The normalized spacial score (nSPS) is 17.1. The lowest BCUT2D eigenvalue weighted by Crippen LogP contribution is -2.46. The Hall–Kier alpha value is -2.99. The predicted molar refractivity (Wildman–Crippen MR) is 99.8 cm³/mol. The van der Waals surface area contributed by atoms with Crippen LogP contribution in [-0.4, -0.2) is 46.6 Å². The zero-order valence-corrected chi connectivity index (χ0v) is 14.8. The molecule has 3 aromatic rings. The Bertz CT molecular complexity index is 927. The molecule has 138 valence electrons. The molecule has 0 spiro atoms. The Labute approximate surface area is 156 Å². The maximum absolute atomic E-state index is 13.4. The summed E-state index contributed by atoms with van der Waals surface area (Å²) in [5.74, 6) is 0.363. The predicted octanol–water partition coefficient (Wildman–Crippen LogP) is 3.30. The first-order chi connectivity index (χ1) is 13.2. The number of ether oxygens (including phenoxy) is 1. The van der Waals surface area contributed by atoms with Gasteiger partial charge >= 0.3 is 0 Å². The van der Waals surface area contributed by atoms with Gasteiger partial charge in [-0.1, -0.05) is 30.3 Å². The van der Waals surface area contributed by atoms with Gasteiger partial charge in [-0.15, -0.1) is 0 Å². The summed E-state index contributed by atoms with van der Waals surface area (Å²) in [6, 6.07) is 13.9. The quantitative estimate of drug-likeness (QED) is 0.772. The molecule has 2 heterocycles. The Morgan fingerprint density at radius 3 is 2.96 bits per heavy atom. The number of H-pyrrole nitrogens is 1. The Balaban J connectivity index is 1.51. The minimum absolute atomic E-state index is 0.0467. The maximum Gasteiger partial charge on any atom is 0.254 e. The smallest absolute Gasteiger partial charge is 0.254 e. The van der Waals surface area contributed by atoms with Gasteiger partial charge < -0.3 is 14.6 Å². The first kappa shape index (κ1) is 17.4. The van der Waals surface area contributed by atoms with Crippen molar-refractivity contribution < 1.29 is 13.9 Å². The summed E-state index contributed by atoms with van der Waals surface area (Å²) in [5.41, 5.74) is 2.25. The zero-order valence-electron chi connectivity index (χ0n) is 14.8. The Kier molecular flexibility index (Phi) is 4.98. The third kappa shape index (κ3) is 3.90. The summed E-state index contributed by atoms with van der Waals surface area (Å²) in [6.07, 6.45) is 3.82. The molecule has 1 N–H and O–H groups in total. The van der Waals surface area contributed by atoms with Gasteiger partial charge in [0.05, 0.1) is 18.3 Å². The molecule has 1 aliphatic rings. The molecule has 1 saturated heterocycles. The van der Waals surface area contributed by atoms with Crippen LogP contribution in [0.4, 0.5) is 4.39 Å². The molecule has 27 heavy (non-hydrogen) atoms. The fourth-order valence-electron chi connectivity index (χ4n) is 3.41. The van der Waals surface area contributed by atoms with Crippen molar-refractivity contribution >= 4 is 5.91 Å². The molecule has 1 aromatic heterocycles. The lowest BCUT2D eigenvalue weighted by atomic mass is 10.0. The van der Waals surface area contributed by atoms with E-state index in [9.17, 15) is 9.18 Å². The summed E-state index contributed by atoms with van der Waals surface area (Å²) in [5, 5.41) is 0. The molecule has 0 aliphatic carbocycles. The largest absolute Gasteiger partial charge is 0.374 e. The molecule has 0 unspecified atom stereocenters. The maximum atomic E-state index is 13.4. The number of morpholine rings is 1. The van der Waals surface area contributed by atoms with Crippen molar-refractivity contribution in [3.8, 4) is 11.4 Å². The average Bonchev–Trinajstić information content (AvgIpc) is 3.22. The van der Waals surface area contributed by atoms with Crippen LogP contribution < -0.4 is 0 Å². The van der Waals surface area contributed by atoms with Gasteiger partial charge in [-0.2, -0.15) is 0 Å². The van der Waals surface area contributed by atoms with Crippen molar-refractivity contribution in [1.29, 1.82) is 0 Å². The van der Waals surface area contributed by atoms with E-state index in [0.29, 0.717) is 37.5 Å². The van der Waals surface area contributed by atoms with Crippen molar-refractivity contribution in [1.82, 2.24) is 14.9 Å². The second-order valence-electron chi connectivity index (χ2n) is 6.56. The number of benzene rings is 2. The van der Waals surface area contributed by atoms with Gasteiger partial charge in [-0.05, 0) is 23.8 Å². The Morgan fingerprint density at radius 1 is 1.26 bits per heavy atom. The molecule has 0 saturated carbocycles. The van der Waals surface area contributed by atoms with Gasteiger partial charge in [-0.25, -0.2) is 9.37 Å². The number of hydrogen-bond donors (Lipinski definition) is 1. The molecule has 0 bridgehead atoms. The number of nitrogens with one attached hydrogen (secondary N) is 1. The zero-order chi connectivity index (χ0) is 18.6.